The van der Waals surface area contributed by atoms with Crippen molar-refractivity contribution in [1.82, 2.24) is 30.7 Å². The molecule has 1 aromatic heterocycles. The van der Waals surface area contributed by atoms with Crippen molar-refractivity contribution >= 4 is 11.9 Å². The van der Waals surface area contributed by atoms with Gasteiger partial charge in [-0.2, -0.15) is 0 Å². The molecule has 0 spiro atoms. The van der Waals surface area contributed by atoms with E-state index in [4.69, 9.17) is 0 Å². The van der Waals surface area contributed by atoms with E-state index in [-0.39, 0.29) is 11.9 Å². The van der Waals surface area contributed by atoms with Crippen LogP contribution in [0.2, 0.25) is 0 Å². The average Bonchev–Trinajstić information content (AvgIpc) is 3.02. The molecule has 8 nitrogen and oxygen atoms in total. The van der Waals surface area contributed by atoms with Crippen molar-refractivity contribution in [2.75, 3.05) is 13.6 Å². The van der Waals surface area contributed by atoms with E-state index in [2.05, 4.69) is 30.7 Å². The maximum absolute atomic E-state index is 12.1. The van der Waals surface area contributed by atoms with Gasteiger partial charge in [-0.3, -0.25) is 4.79 Å². The molecule has 3 N–H and O–H groups in total. The van der Waals surface area contributed by atoms with Gasteiger partial charge < -0.3 is 20.5 Å². The summed E-state index contributed by atoms with van der Waals surface area (Å²) in [6.45, 7) is 4.74. The number of hydrogen-bond donors (Lipinski definition) is 3. The number of amides is 3. The summed E-state index contributed by atoms with van der Waals surface area (Å²) < 4.78 is 2.11. The van der Waals surface area contributed by atoms with Gasteiger partial charge in [-0.1, -0.05) is 0 Å². The smallest absolute Gasteiger partial charge is 0.315 e. The number of hydrogen-bond acceptors (Lipinski definition) is 4. The van der Waals surface area contributed by atoms with Gasteiger partial charge in [-0.25, -0.2) is 4.79 Å². The molecular formula is C13H22N6O2. The summed E-state index contributed by atoms with van der Waals surface area (Å²) in [6, 6.07) is -0.384. The lowest BCUT2D eigenvalue weighted by Gasteiger charge is -2.24. The summed E-state index contributed by atoms with van der Waals surface area (Å²) in [6.07, 6.45) is 2.71. The fourth-order valence-corrected chi connectivity index (χ4v) is 2.31. The number of nitrogens with one attached hydrogen (secondary N) is 3. The number of aryl methyl sites for hydroxylation is 1. The molecule has 0 saturated carbocycles. The predicted molar refractivity (Wildman–Crippen MR) is 76.7 cm³/mol. The van der Waals surface area contributed by atoms with E-state index in [0.29, 0.717) is 13.0 Å². The maximum atomic E-state index is 12.1. The third-order valence-electron chi connectivity index (χ3n) is 3.54. The van der Waals surface area contributed by atoms with Crippen LogP contribution in [0, 0.1) is 0 Å². The monoisotopic (exact) mass is 294 g/mol. The molecule has 0 aromatic carbocycles. The Hall–Kier alpha value is -2.12. The number of nitrogens with zero attached hydrogens (tertiary/aromatic N) is 3. The first kappa shape index (κ1) is 15.3. The van der Waals surface area contributed by atoms with Crippen LogP contribution in [-0.2, 0) is 24.2 Å². The van der Waals surface area contributed by atoms with Crippen molar-refractivity contribution in [3.8, 4) is 0 Å². The first-order chi connectivity index (χ1) is 9.94. The molecule has 0 atom stereocenters. The van der Waals surface area contributed by atoms with Crippen LogP contribution in [0.4, 0.5) is 4.79 Å². The molecule has 0 unspecified atom stereocenters. The lowest BCUT2D eigenvalue weighted by Crippen LogP contribution is -2.56. The van der Waals surface area contributed by atoms with Crippen LogP contribution in [0.3, 0.4) is 0 Å². The zero-order valence-electron chi connectivity index (χ0n) is 12.7. The van der Waals surface area contributed by atoms with Crippen molar-refractivity contribution < 1.29 is 9.59 Å². The quantitative estimate of drug-likeness (QED) is 0.687. The minimum Gasteiger partial charge on any atom is -0.354 e. The molecule has 1 aliphatic heterocycles. The van der Waals surface area contributed by atoms with Crippen molar-refractivity contribution in [3.63, 3.8) is 0 Å². The summed E-state index contributed by atoms with van der Waals surface area (Å²) in [5, 5.41) is 16.1. The molecule has 8 heteroatoms. The summed E-state index contributed by atoms with van der Waals surface area (Å²) >= 11 is 0. The lowest BCUT2D eigenvalue weighted by molar-refractivity contribution is -0.126. The van der Waals surface area contributed by atoms with E-state index < -0.39 is 5.54 Å². The number of carbonyl (C=O) groups is 2. The first-order valence-corrected chi connectivity index (χ1v) is 7.13. The van der Waals surface area contributed by atoms with E-state index in [1.54, 1.807) is 13.8 Å². The molecule has 1 aliphatic rings. The van der Waals surface area contributed by atoms with Crippen LogP contribution < -0.4 is 16.0 Å². The Bertz CT molecular complexity index is 537. The number of carbonyl (C=O) groups excluding carboxylic acids is 2. The van der Waals surface area contributed by atoms with Crippen LogP contribution in [0.5, 0.6) is 0 Å². The Labute approximate surface area is 123 Å². The molecule has 21 heavy (non-hydrogen) atoms. The van der Waals surface area contributed by atoms with Gasteiger partial charge in [0.2, 0.25) is 5.91 Å². The van der Waals surface area contributed by atoms with Crippen molar-refractivity contribution in [1.29, 1.82) is 0 Å². The van der Waals surface area contributed by atoms with Crippen molar-refractivity contribution in [2.24, 2.45) is 0 Å². The third-order valence-corrected chi connectivity index (χ3v) is 3.54. The standard InChI is InChI=1S/C13H22N6O2/c1-13(2,16-12(21)14-3)11(20)15-7-6-10-18-17-9-5-4-8-19(9)10/h4-8H2,1-3H3,(H,15,20)(H2,14,16,21). The van der Waals surface area contributed by atoms with Gasteiger partial charge in [-0.05, 0) is 20.3 Å². The number of urea groups is 1. The Morgan fingerprint density at radius 2 is 2.10 bits per heavy atom. The second-order valence-corrected chi connectivity index (χ2v) is 5.62. The molecule has 2 rings (SSSR count). The predicted octanol–water partition coefficient (Wildman–Crippen LogP) is -0.409. The molecule has 1 aromatic rings. The normalized spacial score (nSPS) is 13.7. The maximum Gasteiger partial charge on any atom is 0.315 e. The molecular weight excluding hydrogens is 272 g/mol. The highest BCUT2D eigenvalue weighted by atomic mass is 16.2. The Morgan fingerprint density at radius 3 is 2.81 bits per heavy atom. The van der Waals surface area contributed by atoms with E-state index in [0.717, 1.165) is 31.0 Å². The molecule has 0 bridgehead atoms. The van der Waals surface area contributed by atoms with Gasteiger partial charge in [0.25, 0.3) is 0 Å². The molecule has 0 radical (unpaired) electrons. The zero-order chi connectivity index (χ0) is 15.5. The van der Waals surface area contributed by atoms with E-state index >= 15 is 0 Å². The van der Waals surface area contributed by atoms with Crippen LogP contribution in [-0.4, -0.2) is 45.8 Å². The van der Waals surface area contributed by atoms with Crippen LogP contribution in [0.25, 0.3) is 0 Å². The Morgan fingerprint density at radius 1 is 1.33 bits per heavy atom. The van der Waals surface area contributed by atoms with Gasteiger partial charge >= 0.3 is 6.03 Å². The summed E-state index contributed by atoms with van der Waals surface area (Å²) in [5.41, 5.74) is -0.965. The largest absolute Gasteiger partial charge is 0.354 e. The fraction of sp³-hybridized carbons (Fsp3) is 0.692. The minimum absolute atomic E-state index is 0.229. The highest BCUT2D eigenvalue weighted by Crippen LogP contribution is 2.14. The molecule has 0 saturated heterocycles. The van der Waals surface area contributed by atoms with Crippen molar-refractivity contribution in [3.05, 3.63) is 11.6 Å². The third kappa shape index (κ3) is 3.50. The Kier molecular flexibility index (Phi) is 4.44. The van der Waals surface area contributed by atoms with Gasteiger partial charge in [0.15, 0.2) is 0 Å². The van der Waals surface area contributed by atoms with Crippen LogP contribution >= 0.6 is 0 Å². The van der Waals surface area contributed by atoms with Crippen LogP contribution in [0.15, 0.2) is 0 Å². The van der Waals surface area contributed by atoms with E-state index in [1.807, 2.05) is 0 Å². The van der Waals surface area contributed by atoms with Gasteiger partial charge in [0, 0.05) is 33.0 Å². The second kappa shape index (κ2) is 6.11. The van der Waals surface area contributed by atoms with E-state index in [1.165, 1.54) is 7.05 Å². The molecule has 0 aliphatic carbocycles. The van der Waals surface area contributed by atoms with Crippen LogP contribution in [0.1, 0.15) is 31.9 Å². The lowest BCUT2D eigenvalue weighted by atomic mass is 10.1. The highest BCUT2D eigenvalue weighted by molar-refractivity contribution is 5.90. The Balaban J connectivity index is 1.82. The number of fused-ring (bicyclic) bond motifs is 1. The minimum atomic E-state index is -0.965. The highest BCUT2D eigenvalue weighted by Gasteiger charge is 2.29. The molecule has 116 valence electrons. The van der Waals surface area contributed by atoms with Crippen molar-refractivity contribution in [2.45, 2.75) is 45.2 Å². The van der Waals surface area contributed by atoms with Gasteiger partial charge in [-0.15, -0.1) is 10.2 Å². The van der Waals surface area contributed by atoms with Gasteiger partial charge in [0.1, 0.15) is 17.2 Å². The second-order valence-electron chi connectivity index (χ2n) is 5.62. The average molecular weight is 294 g/mol. The summed E-state index contributed by atoms with van der Waals surface area (Å²) in [4.78, 5) is 23.4. The van der Waals surface area contributed by atoms with E-state index in [9.17, 15) is 9.59 Å². The number of rotatable bonds is 5. The summed E-state index contributed by atoms with van der Waals surface area (Å²) in [5.74, 6) is 1.70. The molecule has 3 amide bonds. The zero-order valence-corrected chi connectivity index (χ0v) is 12.7. The topological polar surface area (TPSA) is 101 Å². The SMILES string of the molecule is CNC(=O)NC(C)(C)C(=O)NCCc1nnc2n1CCC2. The molecule has 0 fully saturated rings. The number of aromatic nitrogens is 3. The molecule has 2 heterocycles. The summed E-state index contributed by atoms with van der Waals surface area (Å²) in [7, 11) is 1.51. The fourth-order valence-electron chi connectivity index (χ4n) is 2.31. The first-order valence-electron chi connectivity index (χ1n) is 7.13. The van der Waals surface area contributed by atoms with Gasteiger partial charge in [0.05, 0.1) is 0 Å².